The first-order chi connectivity index (χ1) is 11.5. The van der Waals surface area contributed by atoms with Crippen molar-refractivity contribution in [2.24, 2.45) is 0 Å². The highest BCUT2D eigenvalue weighted by atomic mass is 32.2. The van der Waals surface area contributed by atoms with Crippen molar-refractivity contribution in [1.82, 2.24) is 5.32 Å². The van der Waals surface area contributed by atoms with Gasteiger partial charge in [-0.1, -0.05) is 0 Å². The minimum atomic E-state index is 0.201. The summed E-state index contributed by atoms with van der Waals surface area (Å²) >= 11 is 1.86. The molecule has 6 heteroatoms. The van der Waals surface area contributed by atoms with Crippen LogP contribution in [0.5, 0.6) is 5.75 Å². The molecule has 0 aliphatic carbocycles. The minimum absolute atomic E-state index is 0.201. The minimum Gasteiger partial charge on any atom is -0.497 e. The molecule has 0 saturated carbocycles. The van der Waals surface area contributed by atoms with E-state index in [2.05, 4.69) is 48.6 Å². The van der Waals surface area contributed by atoms with Gasteiger partial charge in [0.25, 0.3) is 0 Å². The van der Waals surface area contributed by atoms with Crippen molar-refractivity contribution in [1.29, 1.82) is 0 Å². The Balaban J connectivity index is 1.69. The van der Waals surface area contributed by atoms with Crippen molar-refractivity contribution in [3.63, 3.8) is 0 Å². The largest absolute Gasteiger partial charge is 0.497 e. The molecule has 1 aromatic rings. The fourth-order valence-electron chi connectivity index (χ4n) is 3.12. The van der Waals surface area contributed by atoms with Crippen LogP contribution in [-0.4, -0.2) is 39.1 Å². The van der Waals surface area contributed by atoms with Gasteiger partial charge >= 0.3 is 0 Å². The number of dihydropyridines is 1. The van der Waals surface area contributed by atoms with Crippen molar-refractivity contribution < 1.29 is 9.47 Å². The second-order valence-corrected chi connectivity index (χ2v) is 7.14. The van der Waals surface area contributed by atoms with Crippen molar-refractivity contribution in [2.45, 2.75) is 19.3 Å². The number of ether oxygens (including phenoxy) is 2. The monoisotopic (exact) mass is 347 g/mol. The molecule has 0 bridgehead atoms. The highest BCUT2D eigenvalue weighted by Gasteiger charge is 2.27. The van der Waals surface area contributed by atoms with Gasteiger partial charge in [0.15, 0.2) is 0 Å². The Morgan fingerprint density at radius 2 is 2.04 bits per heavy atom. The van der Waals surface area contributed by atoms with Crippen LogP contribution in [-0.2, 0) is 4.74 Å². The molecule has 3 rings (SSSR count). The summed E-state index contributed by atoms with van der Waals surface area (Å²) in [6, 6.07) is 6.13. The molecule has 2 aliphatic heterocycles. The topological polar surface area (TPSA) is 45.8 Å². The lowest BCUT2D eigenvalue weighted by atomic mass is 10.1. The molecule has 0 amide bonds. The molecule has 1 atom stereocenters. The average molecular weight is 347 g/mol. The summed E-state index contributed by atoms with van der Waals surface area (Å²) in [4.78, 5) is 2.25. The van der Waals surface area contributed by atoms with E-state index in [9.17, 15) is 0 Å². The Kier molecular flexibility index (Phi) is 4.85. The first-order valence-corrected chi connectivity index (χ1v) is 9.06. The maximum atomic E-state index is 5.55. The Labute approximate surface area is 148 Å². The number of rotatable bonds is 5. The fraction of sp³-hybridized carbons (Fsp3) is 0.444. The summed E-state index contributed by atoms with van der Waals surface area (Å²) in [5.74, 6) is 2.80. The lowest BCUT2D eigenvalue weighted by molar-refractivity contribution is 0.291. The highest BCUT2D eigenvalue weighted by molar-refractivity contribution is 8.00. The number of nitrogens with zero attached hydrogens (tertiary/aromatic N) is 1. The zero-order valence-electron chi connectivity index (χ0n) is 14.9. The third-order valence-corrected chi connectivity index (χ3v) is 5.76. The smallest absolute Gasteiger partial charge is 0.148 e. The summed E-state index contributed by atoms with van der Waals surface area (Å²) in [5, 5.41) is 7.08. The molecule has 0 aromatic heterocycles. The summed E-state index contributed by atoms with van der Waals surface area (Å²) in [7, 11) is 5.55. The number of anilines is 2. The fourth-order valence-corrected chi connectivity index (χ4v) is 4.31. The number of fused-ring (bicyclic) bond motifs is 1. The molecule has 24 heavy (non-hydrogen) atoms. The lowest BCUT2D eigenvalue weighted by Crippen LogP contribution is -2.31. The molecule has 2 N–H and O–H groups in total. The van der Waals surface area contributed by atoms with Crippen molar-refractivity contribution >= 4 is 23.1 Å². The summed E-state index contributed by atoms with van der Waals surface area (Å²) in [5.41, 5.74) is 6.21. The van der Waals surface area contributed by atoms with Gasteiger partial charge in [-0.2, -0.15) is 0 Å². The molecule has 0 spiro atoms. The lowest BCUT2D eigenvalue weighted by Gasteiger charge is -2.26. The van der Waals surface area contributed by atoms with E-state index in [1.807, 2.05) is 17.8 Å². The van der Waals surface area contributed by atoms with Crippen LogP contribution in [0.4, 0.5) is 11.4 Å². The van der Waals surface area contributed by atoms with Crippen LogP contribution in [0, 0.1) is 0 Å². The normalized spacial score (nSPS) is 19.9. The van der Waals surface area contributed by atoms with E-state index in [1.165, 1.54) is 22.5 Å². The first kappa shape index (κ1) is 16.9. The van der Waals surface area contributed by atoms with Crippen LogP contribution in [0.25, 0.3) is 0 Å². The second kappa shape index (κ2) is 6.89. The molecular formula is C18H25N3O2S. The van der Waals surface area contributed by atoms with Crippen molar-refractivity contribution in [3.05, 3.63) is 40.8 Å². The number of hydrogen-bond acceptors (Lipinski definition) is 6. The number of benzene rings is 1. The predicted octanol–water partition coefficient (Wildman–Crippen LogP) is 3.37. The van der Waals surface area contributed by atoms with E-state index in [0.29, 0.717) is 0 Å². The van der Waals surface area contributed by atoms with Gasteiger partial charge in [0.2, 0.25) is 0 Å². The van der Waals surface area contributed by atoms with Crippen LogP contribution in [0.1, 0.15) is 13.8 Å². The Morgan fingerprint density at radius 3 is 2.75 bits per heavy atom. The maximum Gasteiger partial charge on any atom is 0.148 e. The van der Waals surface area contributed by atoms with Gasteiger partial charge in [-0.3, -0.25) is 0 Å². The second-order valence-electron chi connectivity index (χ2n) is 6.07. The average Bonchev–Trinajstić information content (AvgIpc) is 2.90. The number of thioether (sulfide) groups is 1. The molecule has 0 saturated heterocycles. The number of methoxy groups -OCH3 is 2. The van der Waals surface area contributed by atoms with Gasteiger partial charge in [0.1, 0.15) is 17.0 Å². The van der Waals surface area contributed by atoms with Crippen molar-refractivity contribution in [2.75, 3.05) is 43.8 Å². The molecule has 2 heterocycles. The summed E-state index contributed by atoms with van der Waals surface area (Å²) < 4.78 is 10.9. The Morgan fingerprint density at radius 1 is 1.25 bits per heavy atom. The zero-order valence-corrected chi connectivity index (χ0v) is 15.7. The van der Waals surface area contributed by atoms with Crippen LogP contribution >= 0.6 is 11.8 Å². The summed E-state index contributed by atoms with van der Waals surface area (Å²) in [6.45, 7) is 5.08. The molecule has 2 aliphatic rings. The maximum absolute atomic E-state index is 5.55. The SMILES string of the molecule is COC1=C(C)CNC(CSC2Nc3ccc(OC)cc3N2C)=C1C. The van der Waals surface area contributed by atoms with Gasteiger partial charge in [-0.05, 0) is 31.6 Å². The number of hydrogen-bond donors (Lipinski definition) is 2. The third kappa shape index (κ3) is 3.02. The number of nitrogens with one attached hydrogen (secondary N) is 2. The van der Waals surface area contributed by atoms with Crippen LogP contribution in [0.3, 0.4) is 0 Å². The van der Waals surface area contributed by atoms with Gasteiger partial charge in [-0.15, -0.1) is 11.8 Å². The standard InChI is InChI=1S/C18H25N3O2S/c1-11-9-19-15(12(2)17(11)23-5)10-24-18-20-14-7-6-13(22-4)8-16(14)21(18)3/h6-8,18-20H,9-10H2,1-5H3. The van der Waals surface area contributed by atoms with E-state index in [4.69, 9.17) is 9.47 Å². The summed E-state index contributed by atoms with van der Waals surface area (Å²) in [6.07, 6.45) is 0. The van der Waals surface area contributed by atoms with E-state index in [0.717, 1.165) is 29.5 Å². The third-order valence-electron chi connectivity index (χ3n) is 4.55. The van der Waals surface area contributed by atoms with Crippen LogP contribution in [0.15, 0.2) is 40.8 Å². The van der Waals surface area contributed by atoms with E-state index < -0.39 is 0 Å². The van der Waals surface area contributed by atoms with Gasteiger partial charge < -0.3 is 25.0 Å². The van der Waals surface area contributed by atoms with Gasteiger partial charge in [0.05, 0.1) is 25.6 Å². The Hall–Kier alpha value is -1.95. The molecule has 0 fully saturated rings. The zero-order chi connectivity index (χ0) is 17.3. The molecule has 1 aromatic carbocycles. The molecular weight excluding hydrogens is 322 g/mol. The van der Waals surface area contributed by atoms with Crippen molar-refractivity contribution in [3.8, 4) is 5.75 Å². The molecule has 5 nitrogen and oxygen atoms in total. The van der Waals surface area contributed by atoms with E-state index >= 15 is 0 Å². The predicted molar refractivity (Wildman–Crippen MR) is 102 cm³/mol. The van der Waals surface area contributed by atoms with Gasteiger partial charge in [0, 0.05) is 36.7 Å². The van der Waals surface area contributed by atoms with Gasteiger partial charge in [-0.25, -0.2) is 0 Å². The van der Waals surface area contributed by atoms with Crippen LogP contribution < -0.4 is 20.3 Å². The first-order valence-electron chi connectivity index (χ1n) is 8.02. The quantitative estimate of drug-likeness (QED) is 0.851. The van der Waals surface area contributed by atoms with Crippen LogP contribution in [0.2, 0.25) is 0 Å². The van der Waals surface area contributed by atoms with E-state index in [-0.39, 0.29) is 5.50 Å². The highest BCUT2D eigenvalue weighted by Crippen LogP contribution is 2.40. The van der Waals surface area contributed by atoms with E-state index in [1.54, 1.807) is 14.2 Å². The Bertz CT molecular complexity index is 700. The molecule has 0 radical (unpaired) electrons. The molecule has 1 unspecified atom stereocenters. The number of allylic oxidation sites excluding steroid dienone is 1. The molecule has 130 valence electrons.